The first-order valence-electron chi connectivity index (χ1n) is 4.73. The van der Waals surface area contributed by atoms with Gasteiger partial charge < -0.3 is 4.74 Å². The standard InChI is InChI=1S/C11H12F2O2/c1-2-5-8-6-3-4-7-9(8)15-11(14)10(12)13/h3-4,6-7,10H,2,5H2,1H3. The summed E-state index contributed by atoms with van der Waals surface area (Å²) in [6.07, 6.45) is -1.52. The average Bonchev–Trinajstić information content (AvgIpc) is 2.21. The lowest BCUT2D eigenvalue weighted by Crippen LogP contribution is -2.18. The topological polar surface area (TPSA) is 26.3 Å². The minimum absolute atomic E-state index is 0.227. The maximum absolute atomic E-state index is 12.0. The molecule has 0 aromatic heterocycles. The summed E-state index contributed by atoms with van der Waals surface area (Å²) in [5, 5.41) is 0. The van der Waals surface area contributed by atoms with Crippen LogP contribution in [-0.4, -0.2) is 12.4 Å². The third kappa shape index (κ3) is 3.31. The molecule has 0 saturated carbocycles. The molecule has 0 amide bonds. The van der Waals surface area contributed by atoms with E-state index in [1.54, 1.807) is 18.2 Å². The SMILES string of the molecule is CCCc1ccccc1OC(=O)C(F)F. The fourth-order valence-corrected chi connectivity index (χ4v) is 1.23. The summed E-state index contributed by atoms with van der Waals surface area (Å²) in [5.41, 5.74) is 0.772. The van der Waals surface area contributed by atoms with Crippen molar-refractivity contribution < 1.29 is 18.3 Å². The van der Waals surface area contributed by atoms with Gasteiger partial charge in [-0.05, 0) is 18.1 Å². The summed E-state index contributed by atoms with van der Waals surface area (Å²) in [7, 11) is 0. The van der Waals surface area contributed by atoms with Crippen LogP contribution in [0.4, 0.5) is 8.78 Å². The molecular weight excluding hydrogens is 202 g/mol. The highest BCUT2D eigenvalue weighted by atomic mass is 19.3. The first-order chi connectivity index (χ1) is 7.15. The number of alkyl halides is 2. The summed E-state index contributed by atoms with van der Waals surface area (Å²) in [4.78, 5) is 10.7. The molecule has 0 spiro atoms. The van der Waals surface area contributed by atoms with Crippen LogP contribution in [0.3, 0.4) is 0 Å². The third-order valence-electron chi connectivity index (χ3n) is 1.88. The van der Waals surface area contributed by atoms with Crippen LogP contribution in [0.2, 0.25) is 0 Å². The van der Waals surface area contributed by atoms with Crippen molar-refractivity contribution in [2.24, 2.45) is 0 Å². The smallest absolute Gasteiger partial charge is 0.379 e. The molecule has 0 atom stereocenters. The molecule has 0 radical (unpaired) electrons. The first-order valence-corrected chi connectivity index (χ1v) is 4.73. The van der Waals surface area contributed by atoms with Crippen LogP contribution in [0.1, 0.15) is 18.9 Å². The van der Waals surface area contributed by atoms with Gasteiger partial charge in [-0.3, -0.25) is 0 Å². The number of hydrogen-bond donors (Lipinski definition) is 0. The molecule has 1 aromatic rings. The van der Waals surface area contributed by atoms with Gasteiger partial charge in [0.2, 0.25) is 0 Å². The molecule has 1 aromatic carbocycles. The van der Waals surface area contributed by atoms with E-state index in [2.05, 4.69) is 4.74 Å². The van der Waals surface area contributed by atoms with Crippen LogP contribution < -0.4 is 4.74 Å². The van der Waals surface area contributed by atoms with Crippen molar-refractivity contribution in [3.63, 3.8) is 0 Å². The Labute approximate surface area is 86.9 Å². The lowest BCUT2D eigenvalue weighted by atomic mass is 10.1. The highest BCUT2D eigenvalue weighted by Crippen LogP contribution is 2.20. The van der Waals surface area contributed by atoms with Gasteiger partial charge in [0.15, 0.2) is 0 Å². The van der Waals surface area contributed by atoms with Gasteiger partial charge in [-0.2, -0.15) is 8.78 Å². The molecular formula is C11H12F2O2. The van der Waals surface area contributed by atoms with Crippen molar-refractivity contribution in [3.05, 3.63) is 29.8 Å². The van der Waals surface area contributed by atoms with E-state index in [9.17, 15) is 13.6 Å². The highest BCUT2D eigenvalue weighted by molar-refractivity contribution is 5.75. The molecule has 15 heavy (non-hydrogen) atoms. The normalized spacial score (nSPS) is 10.4. The fourth-order valence-electron chi connectivity index (χ4n) is 1.23. The van der Waals surface area contributed by atoms with Crippen LogP contribution in [0.15, 0.2) is 24.3 Å². The zero-order valence-electron chi connectivity index (χ0n) is 8.37. The summed E-state index contributed by atoms with van der Waals surface area (Å²) in [6, 6.07) is 6.71. The zero-order valence-corrected chi connectivity index (χ0v) is 8.37. The Morgan fingerprint density at radius 1 is 1.40 bits per heavy atom. The van der Waals surface area contributed by atoms with Crippen LogP contribution in [0, 0.1) is 0 Å². The largest absolute Gasteiger partial charge is 0.422 e. The van der Waals surface area contributed by atoms with Crippen molar-refractivity contribution >= 4 is 5.97 Å². The van der Waals surface area contributed by atoms with E-state index >= 15 is 0 Å². The van der Waals surface area contributed by atoms with Crippen molar-refractivity contribution in [2.75, 3.05) is 0 Å². The van der Waals surface area contributed by atoms with Gasteiger partial charge in [0.25, 0.3) is 0 Å². The predicted octanol–water partition coefficient (Wildman–Crippen LogP) is 2.81. The van der Waals surface area contributed by atoms with Gasteiger partial charge in [0.1, 0.15) is 5.75 Å². The number of para-hydroxylation sites is 1. The molecule has 4 heteroatoms. The number of rotatable bonds is 4. The van der Waals surface area contributed by atoms with E-state index in [1.165, 1.54) is 6.07 Å². The molecule has 0 aliphatic carbocycles. The van der Waals surface area contributed by atoms with Crippen molar-refractivity contribution in [3.8, 4) is 5.75 Å². The molecule has 0 saturated heterocycles. The zero-order chi connectivity index (χ0) is 11.3. The predicted molar refractivity (Wildman–Crippen MR) is 52.1 cm³/mol. The Kier molecular flexibility index (Phi) is 4.21. The Morgan fingerprint density at radius 2 is 2.07 bits per heavy atom. The molecule has 82 valence electrons. The molecule has 0 aliphatic heterocycles. The van der Waals surface area contributed by atoms with Crippen LogP contribution in [0.25, 0.3) is 0 Å². The van der Waals surface area contributed by atoms with E-state index in [0.29, 0.717) is 6.42 Å². The van der Waals surface area contributed by atoms with Gasteiger partial charge in [0, 0.05) is 0 Å². The van der Waals surface area contributed by atoms with E-state index < -0.39 is 12.4 Å². The quantitative estimate of drug-likeness (QED) is 0.569. The Bertz CT molecular complexity index is 337. The second-order valence-electron chi connectivity index (χ2n) is 3.08. The van der Waals surface area contributed by atoms with Gasteiger partial charge in [-0.25, -0.2) is 4.79 Å². The second-order valence-corrected chi connectivity index (χ2v) is 3.08. The van der Waals surface area contributed by atoms with E-state index in [4.69, 9.17) is 0 Å². The minimum atomic E-state index is -3.08. The lowest BCUT2D eigenvalue weighted by Gasteiger charge is -2.08. The van der Waals surface area contributed by atoms with E-state index in [0.717, 1.165) is 12.0 Å². The summed E-state index contributed by atoms with van der Waals surface area (Å²) in [5.74, 6) is -1.27. The van der Waals surface area contributed by atoms with Gasteiger partial charge >= 0.3 is 12.4 Å². The molecule has 0 bridgehead atoms. The number of carbonyl (C=O) groups is 1. The minimum Gasteiger partial charge on any atom is -0.422 e. The Hall–Kier alpha value is -1.45. The maximum Gasteiger partial charge on any atom is 0.379 e. The highest BCUT2D eigenvalue weighted by Gasteiger charge is 2.18. The van der Waals surface area contributed by atoms with Crippen LogP contribution in [-0.2, 0) is 11.2 Å². The number of carbonyl (C=O) groups excluding carboxylic acids is 1. The number of esters is 1. The summed E-state index contributed by atoms with van der Waals surface area (Å²) >= 11 is 0. The Balaban J connectivity index is 2.79. The van der Waals surface area contributed by atoms with Crippen molar-refractivity contribution in [2.45, 2.75) is 26.2 Å². The average molecular weight is 214 g/mol. The fraction of sp³-hybridized carbons (Fsp3) is 0.364. The van der Waals surface area contributed by atoms with Crippen molar-refractivity contribution in [1.29, 1.82) is 0 Å². The van der Waals surface area contributed by atoms with E-state index in [1.807, 2.05) is 6.92 Å². The van der Waals surface area contributed by atoms with E-state index in [-0.39, 0.29) is 5.75 Å². The summed E-state index contributed by atoms with van der Waals surface area (Å²) in [6.45, 7) is 1.96. The molecule has 0 N–H and O–H groups in total. The maximum atomic E-state index is 12.0. The van der Waals surface area contributed by atoms with Gasteiger partial charge in [-0.15, -0.1) is 0 Å². The molecule has 1 rings (SSSR count). The lowest BCUT2D eigenvalue weighted by molar-refractivity contribution is -0.146. The van der Waals surface area contributed by atoms with Crippen molar-refractivity contribution in [1.82, 2.24) is 0 Å². The third-order valence-corrected chi connectivity index (χ3v) is 1.88. The van der Waals surface area contributed by atoms with Crippen LogP contribution >= 0.6 is 0 Å². The number of aryl methyl sites for hydroxylation is 1. The first kappa shape index (κ1) is 11.6. The second kappa shape index (κ2) is 5.44. The number of hydrogen-bond acceptors (Lipinski definition) is 2. The molecule has 0 fully saturated rings. The molecule has 0 aliphatic rings. The molecule has 0 heterocycles. The van der Waals surface area contributed by atoms with Crippen LogP contribution in [0.5, 0.6) is 5.75 Å². The summed E-state index contributed by atoms with van der Waals surface area (Å²) < 4.78 is 28.5. The molecule has 0 unspecified atom stereocenters. The van der Waals surface area contributed by atoms with Gasteiger partial charge in [-0.1, -0.05) is 31.5 Å². The number of benzene rings is 1. The number of ether oxygens (including phenoxy) is 1. The van der Waals surface area contributed by atoms with Gasteiger partial charge in [0.05, 0.1) is 0 Å². The number of halogens is 2. The monoisotopic (exact) mass is 214 g/mol. The Morgan fingerprint density at radius 3 is 2.67 bits per heavy atom. The molecule has 2 nitrogen and oxygen atoms in total.